The molecule has 1 heterocycles. The van der Waals surface area contributed by atoms with Gasteiger partial charge < -0.3 is 19.9 Å². The zero-order chi connectivity index (χ0) is 17.1. The van der Waals surface area contributed by atoms with Crippen LogP contribution in [0.2, 0.25) is 0 Å². The Hall–Kier alpha value is -3.14. The number of hydrogen-bond donors (Lipinski definition) is 1. The number of hydrogen-bond acceptors (Lipinski definition) is 4. The molecule has 0 radical (unpaired) electrons. The smallest absolute Gasteiger partial charge is 0.161 e. The Morgan fingerprint density at radius 2 is 1.52 bits per heavy atom. The molecular formula is C21H19NO3. The summed E-state index contributed by atoms with van der Waals surface area (Å²) in [4.78, 5) is 0. The minimum Gasteiger partial charge on any atom is -0.487 e. The Labute approximate surface area is 146 Å². The van der Waals surface area contributed by atoms with Gasteiger partial charge in [0, 0.05) is 0 Å². The van der Waals surface area contributed by atoms with Gasteiger partial charge in [-0.2, -0.15) is 0 Å². The lowest BCUT2D eigenvalue weighted by Gasteiger charge is -2.19. The summed E-state index contributed by atoms with van der Waals surface area (Å²) >= 11 is 0. The first-order valence-corrected chi connectivity index (χ1v) is 8.26. The molecule has 0 fully saturated rings. The van der Waals surface area contributed by atoms with Gasteiger partial charge in [0.15, 0.2) is 11.5 Å². The zero-order valence-corrected chi connectivity index (χ0v) is 13.8. The monoisotopic (exact) mass is 333 g/mol. The number of nitrogen functional groups attached to an aromatic ring is 1. The average Bonchev–Trinajstić information content (AvgIpc) is 2.68. The summed E-state index contributed by atoms with van der Waals surface area (Å²) < 4.78 is 17.2. The fraction of sp³-hybridized carbons (Fsp3) is 0.143. The Kier molecular flexibility index (Phi) is 4.17. The third-order valence-electron chi connectivity index (χ3n) is 4.13. The predicted molar refractivity (Wildman–Crippen MR) is 98.1 cm³/mol. The maximum Gasteiger partial charge on any atom is 0.161 e. The fourth-order valence-electron chi connectivity index (χ4n) is 2.80. The molecule has 0 aliphatic carbocycles. The summed E-state index contributed by atoms with van der Waals surface area (Å²) in [6, 6.07) is 21.8. The highest BCUT2D eigenvalue weighted by atomic mass is 16.6. The van der Waals surface area contributed by atoms with E-state index in [-0.39, 0.29) is 0 Å². The van der Waals surface area contributed by atoms with Crippen LogP contribution in [0.4, 0.5) is 5.69 Å². The largest absolute Gasteiger partial charge is 0.487 e. The van der Waals surface area contributed by atoms with E-state index in [0.29, 0.717) is 31.3 Å². The number of ether oxygens (including phenoxy) is 3. The molecule has 0 saturated heterocycles. The summed E-state index contributed by atoms with van der Waals surface area (Å²) in [6.45, 7) is 1.64. The molecule has 3 aromatic carbocycles. The van der Waals surface area contributed by atoms with Gasteiger partial charge in [0.05, 0.1) is 5.69 Å². The molecule has 2 N–H and O–H groups in total. The van der Waals surface area contributed by atoms with Crippen molar-refractivity contribution in [1.82, 2.24) is 0 Å². The van der Waals surface area contributed by atoms with Crippen molar-refractivity contribution in [3.63, 3.8) is 0 Å². The molecule has 0 spiro atoms. The van der Waals surface area contributed by atoms with Gasteiger partial charge in [-0.1, -0.05) is 42.5 Å². The minimum absolute atomic E-state index is 0.482. The summed E-state index contributed by atoms with van der Waals surface area (Å²) in [6.07, 6.45) is 0. The second-order valence-electron chi connectivity index (χ2n) is 5.89. The van der Waals surface area contributed by atoms with Crippen LogP contribution < -0.4 is 19.9 Å². The highest BCUT2D eigenvalue weighted by Crippen LogP contribution is 2.36. The third-order valence-corrected chi connectivity index (χ3v) is 4.13. The van der Waals surface area contributed by atoms with Crippen molar-refractivity contribution in [1.29, 1.82) is 0 Å². The van der Waals surface area contributed by atoms with Crippen molar-refractivity contribution >= 4 is 5.69 Å². The normalized spacial score (nSPS) is 12.6. The van der Waals surface area contributed by atoms with E-state index in [2.05, 4.69) is 0 Å². The number of rotatable bonds is 4. The van der Waals surface area contributed by atoms with Gasteiger partial charge in [0.1, 0.15) is 25.6 Å². The lowest BCUT2D eigenvalue weighted by molar-refractivity contribution is 0.171. The Morgan fingerprint density at radius 1 is 0.800 bits per heavy atom. The van der Waals surface area contributed by atoms with Crippen molar-refractivity contribution in [2.45, 2.75) is 6.61 Å². The van der Waals surface area contributed by atoms with Crippen LogP contribution in [0, 0.1) is 0 Å². The van der Waals surface area contributed by atoms with Gasteiger partial charge in [-0.05, 0) is 41.0 Å². The molecule has 1 aliphatic rings. The van der Waals surface area contributed by atoms with Crippen LogP contribution in [0.1, 0.15) is 5.56 Å². The van der Waals surface area contributed by atoms with Crippen LogP contribution >= 0.6 is 0 Å². The predicted octanol–water partition coefficient (Wildman–Crippen LogP) is 4.29. The SMILES string of the molecule is Nc1ccc(-c2ccc3c(c2)OCCO3)cc1OCc1ccccc1. The van der Waals surface area contributed by atoms with Gasteiger partial charge in [0.25, 0.3) is 0 Å². The molecule has 0 unspecified atom stereocenters. The lowest BCUT2D eigenvalue weighted by atomic mass is 10.0. The van der Waals surface area contributed by atoms with Gasteiger partial charge in [-0.3, -0.25) is 0 Å². The van der Waals surface area contributed by atoms with E-state index in [1.54, 1.807) is 0 Å². The van der Waals surface area contributed by atoms with E-state index in [0.717, 1.165) is 28.2 Å². The average molecular weight is 333 g/mol. The van der Waals surface area contributed by atoms with Crippen molar-refractivity contribution in [2.24, 2.45) is 0 Å². The van der Waals surface area contributed by atoms with Gasteiger partial charge in [0.2, 0.25) is 0 Å². The van der Waals surface area contributed by atoms with Gasteiger partial charge in [-0.25, -0.2) is 0 Å². The lowest BCUT2D eigenvalue weighted by Crippen LogP contribution is -2.15. The van der Waals surface area contributed by atoms with E-state index >= 15 is 0 Å². The standard InChI is InChI=1S/C21H19NO3/c22-18-8-6-16(12-20(18)25-14-15-4-2-1-3-5-15)17-7-9-19-21(13-17)24-11-10-23-19/h1-9,12-13H,10-11,14,22H2. The first-order valence-electron chi connectivity index (χ1n) is 8.26. The Morgan fingerprint density at radius 3 is 2.36 bits per heavy atom. The van der Waals surface area contributed by atoms with Gasteiger partial charge >= 0.3 is 0 Å². The molecule has 1 aliphatic heterocycles. The molecule has 0 atom stereocenters. The van der Waals surface area contributed by atoms with Crippen LogP contribution in [-0.2, 0) is 6.61 Å². The molecule has 4 rings (SSSR count). The topological polar surface area (TPSA) is 53.7 Å². The van der Waals surface area contributed by atoms with E-state index in [9.17, 15) is 0 Å². The first-order chi connectivity index (χ1) is 12.3. The summed E-state index contributed by atoms with van der Waals surface area (Å²) in [5.74, 6) is 2.23. The summed E-state index contributed by atoms with van der Waals surface area (Å²) in [5, 5.41) is 0. The number of benzene rings is 3. The quantitative estimate of drug-likeness (QED) is 0.724. The fourth-order valence-corrected chi connectivity index (χ4v) is 2.80. The molecular weight excluding hydrogens is 314 g/mol. The van der Waals surface area contributed by atoms with E-state index < -0.39 is 0 Å². The molecule has 126 valence electrons. The molecule has 4 nitrogen and oxygen atoms in total. The number of anilines is 1. The molecule has 25 heavy (non-hydrogen) atoms. The zero-order valence-electron chi connectivity index (χ0n) is 13.8. The third kappa shape index (κ3) is 3.38. The van der Waals surface area contributed by atoms with E-state index in [1.165, 1.54) is 0 Å². The van der Waals surface area contributed by atoms with Gasteiger partial charge in [-0.15, -0.1) is 0 Å². The number of nitrogens with two attached hydrogens (primary N) is 1. The van der Waals surface area contributed by atoms with E-state index in [1.807, 2.05) is 66.7 Å². The molecule has 0 bridgehead atoms. The highest BCUT2D eigenvalue weighted by molar-refractivity contribution is 5.72. The molecule has 3 aromatic rings. The first kappa shape index (κ1) is 15.4. The molecule has 0 amide bonds. The van der Waals surface area contributed by atoms with Crippen LogP contribution in [0.3, 0.4) is 0 Å². The minimum atomic E-state index is 0.482. The van der Waals surface area contributed by atoms with Crippen LogP contribution in [0.5, 0.6) is 17.2 Å². The Bertz CT molecular complexity index is 878. The highest BCUT2D eigenvalue weighted by Gasteiger charge is 2.13. The maximum atomic E-state index is 6.07. The van der Waals surface area contributed by atoms with Crippen LogP contribution in [0.15, 0.2) is 66.7 Å². The van der Waals surface area contributed by atoms with E-state index in [4.69, 9.17) is 19.9 Å². The number of fused-ring (bicyclic) bond motifs is 1. The second kappa shape index (κ2) is 6.77. The Balaban J connectivity index is 1.59. The maximum absolute atomic E-state index is 6.07. The summed E-state index contributed by atoms with van der Waals surface area (Å²) in [5.41, 5.74) is 9.86. The summed E-state index contributed by atoms with van der Waals surface area (Å²) in [7, 11) is 0. The van der Waals surface area contributed by atoms with Crippen molar-refractivity contribution in [3.05, 3.63) is 72.3 Å². The van der Waals surface area contributed by atoms with Crippen LogP contribution in [0.25, 0.3) is 11.1 Å². The van der Waals surface area contributed by atoms with Crippen molar-refractivity contribution in [2.75, 3.05) is 18.9 Å². The molecule has 0 saturated carbocycles. The second-order valence-corrected chi connectivity index (χ2v) is 5.89. The van der Waals surface area contributed by atoms with Crippen LogP contribution in [-0.4, -0.2) is 13.2 Å². The molecule has 4 heteroatoms. The van der Waals surface area contributed by atoms with Crippen molar-refractivity contribution in [3.8, 4) is 28.4 Å². The molecule has 0 aromatic heterocycles. The van der Waals surface area contributed by atoms with Crippen molar-refractivity contribution < 1.29 is 14.2 Å².